The van der Waals surface area contributed by atoms with Gasteiger partial charge < -0.3 is 19.3 Å². The highest BCUT2D eigenvalue weighted by atomic mass is 16.7. The summed E-state index contributed by atoms with van der Waals surface area (Å²) in [7, 11) is 1.58. The lowest BCUT2D eigenvalue weighted by molar-refractivity contribution is -0.141. The van der Waals surface area contributed by atoms with Crippen molar-refractivity contribution in [3.05, 3.63) is 29.3 Å². The molecule has 0 aliphatic heterocycles. The van der Waals surface area contributed by atoms with Crippen LogP contribution in [0.15, 0.2) is 18.2 Å². The fraction of sp³-hybridized carbons (Fsp3) is 0.562. The van der Waals surface area contributed by atoms with Crippen LogP contribution >= 0.6 is 0 Å². The molecule has 0 saturated heterocycles. The van der Waals surface area contributed by atoms with Crippen LogP contribution < -0.4 is 4.74 Å². The van der Waals surface area contributed by atoms with Gasteiger partial charge in [-0.15, -0.1) is 0 Å². The second-order valence-electron chi connectivity index (χ2n) is 4.91. The third-order valence-electron chi connectivity index (χ3n) is 3.27. The van der Waals surface area contributed by atoms with Crippen molar-refractivity contribution in [3.8, 4) is 5.75 Å². The van der Waals surface area contributed by atoms with E-state index in [1.165, 1.54) is 6.92 Å². The molecule has 0 fully saturated rings. The molecular weight excluding hydrogens is 272 g/mol. The van der Waals surface area contributed by atoms with Crippen LogP contribution in [0.2, 0.25) is 0 Å². The van der Waals surface area contributed by atoms with Gasteiger partial charge >= 0.3 is 5.97 Å². The van der Waals surface area contributed by atoms with Crippen molar-refractivity contribution in [1.82, 2.24) is 0 Å². The van der Waals surface area contributed by atoms with E-state index in [4.69, 9.17) is 14.2 Å². The van der Waals surface area contributed by atoms with Gasteiger partial charge in [0.05, 0.1) is 6.61 Å². The van der Waals surface area contributed by atoms with Gasteiger partial charge in [-0.3, -0.25) is 4.79 Å². The highest BCUT2D eigenvalue weighted by Gasteiger charge is 2.14. The zero-order chi connectivity index (χ0) is 15.7. The fourth-order valence-corrected chi connectivity index (χ4v) is 2.13. The lowest BCUT2D eigenvalue weighted by atomic mass is 9.92. The average molecular weight is 296 g/mol. The molecule has 1 N–H and O–H groups in total. The van der Waals surface area contributed by atoms with Gasteiger partial charge in [0.2, 0.25) is 0 Å². The van der Waals surface area contributed by atoms with E-state index in [-0.39, 0.29) is 25.3 Å². The van der Waals surface area contributed by atoms with E-state index in [9.17, 15) is 9.90 Å². The molecule has 1 aromatic carbocycles. The number of esters is 1. The number of hydrogen-bond donors (Lipinski definition) is 1. The van der Waals surface area contributed by atoms with E-state index in [1.54, 1.807) is 7.11 Å². The molecular formula is C16H24O5. The summed E-state index contributed by atoms with van der Waals surface area (Å²) in [4.78, 5) is 10.8. The summed E-state index contributed by atoms with van der Waals surface area (Å²) in [5.41, 5.74) is 2.09. The minimum Gasteiger partial charge on any atom is -0.467 e. The first-order valence-corrected chi connectivity index (χ1v) is 7.05. The van der Waals surface area contributed by atoms with Gasteiger partial charge in [0.15, 0.2) is 6.79 Å². The fourth-order valence-electron chi connectivity index (χ4n) is 2.13. The average Bonchev–Trinajstić information content (AvgIpc) is 2.45. The first-order valence-electron chi connectivity index (χ1n) is 7.05. The summed E-state index contributed by atoms with van der Waals surface area (Å²) in [5.74, 6) is 0.607. The van der Waals surface area contributed by atoms with Gasteiger partial charge in [0, 0.05) is 20.6 Å². The van der Waals surface area contributed by atoms with Crippen LogP contribution in [0.4, 0.5) is 0 Å². The Labute approximate surface area is 125 Å². The maximum Gasteiger partial charge on any atom is 0.302 e. The van der Waals surface area contributed by atoms with Crippen molar-refractivity contribution >= 4 is 5.97 Å². The largest absolute Gasteiger partial charge is 0.467 e. The van der Waals surface area contributed by atoms with Gasteiger partial charge in [-0.1, -0.05) is 12.1 Å². The Kier molecular flexibility index (Phi) is 7.79. The van der Waals surface area contributed by atoms with Crippen molar-refractivity contribution in [2.45, 2.75) is 32.6 Å². The number of aliphatic hydroxyl groups excluding tert-OH is 1. The highest BCUT2D eigenvalue weighted by Crippen LogP contribution is 2.28. The van der Waals surface area contributed by atoms with Gasteiger partial charge in [-0.2, -0.15) is 0 Å². The van der Waals surface area contributed by atoms with E-state index in [0.717, 1.165) is 16.9 Å². The standard InChI is InChI=1S/C16H24O5/c1-12-4-5-15(10-16(12)21-11-19-3)14(6-8-17)7-9-20-13(2)18/h4-5,10,14,17H,6-9,11H2,1-3H3/t14-/m0/s1. The maximum atomic E-state index is 10.8. The molecule has 0 radical (unpaired) electrons. The number of carbonyl (C=O) groups excluding carboxylic acids is 1. The smallest absolute Gasteiger partial charge is 0.302 e. The molecule has 0 aliphatic carbocycles. The van der Waals surface area contributed by atoms with Crippen LogP contribution in [0.1, 0.15) is 36.8 Å². The van der Waals surface area contributed by atoms with Crippen LogP contribution in [-0.2, 0) is 14.3 Å². The SMILES string of the molecule is COCOc1cc([C@@H](CCO)CCOC(C)=O)ccc1C. The molecule has 0 saturated carbocycles. The molecule has 118 valence electrons. The molecule has 1 rings (SSSR count). The van der Waals surface area contributed by atoms with E-state index in [0.29, 0.717) is 19.4 Å². The molecule has 21 heavy (non-hydrogen) atoms. The van der Waals surface area contributed by atoms with Crippen molar-refractivity contribution < 1.29 is 24.1 Å². The predicted octanol–water partition coefficient (Wildman–Crippen LogP) is 2.40. The van der Waals surface area contributed by atoms with Crippen LogP contribution in [0.5, 0.6) is 5.75 Å². The Morgan fingerprint density at radius 2 is 2.10 bits per heavy atom. The molecule has 0 spiro atoms. The molecule has 0 bridgehead atoms. The van der Waals surface area contributed by atoms with Crippen LogP contribution in [0, 0.1) is 6.92 Å². The van der Waals surface area contributed by atoms with Gasteiger partial charge in [0.25, 0.3) is 0 Å². The summed E-state index contributed by atoms with van der Waals surface area (Å²) in [6.45, 7) is 4.00. The van der Waals surface area contributed by atoms with E-state index in [1.807, 2.05) is 25.1 Å². The van der Waals surface area contributed by atoms with E-state index >= 15 is 0 Å². The molecule has 1 aromatic rings. The lowest BCUT2D eigenvalue weighted by Gasteiger charge is -2.18. The Hall–Kier alpha value is -1.59. The minimum absolute atomic E-state index is 0.0902. The number of carbonyl (C=O) groups is 1. The van der Waals surface area contributed by atoms with Gasteiger partial charge in [0.1, 0.15) is 5.75 Å². The third kappa shape index (κ3) is 6.14. The quantitative estimate of drug-likeness (QED) is 0.560. The van der Waals surface area contributed by atoms with Gasteiger partial charge in [-0.05, 0) is 42.9 Å². The van der Waals surface area contributed by atoms with Crippen LogP contribution in [0.3, 0.4) is 0 Å². The maximum absolute atomic E-state index is 10.8. The molecule has 1 atom stereocenters. The number of rotatable bonds is 9. The number of hydrogen-bond acceptors (Lipinski definition) is 5. The summed E-state index contributed by atoms with van der Waals surface area (Å²) in [6.07, 6.45) is 1.29. The monoisotopic (exact) mass is 296 g/mol. The van der Waals surface area contributed by atoms with Crippen molar-refractivity contribution in [2.24, 2.45) is 0 Å². The number of aryl methyl sites for hydroxylation is 1. The predicted molar refractivity (Wildman–Crippen MR) is 79.4 cm³/mol. The first kappa shape index (κ1) is 17.5. The Morgan fingerprint density at radius 1 is 1.33 bits per heavy atom. The minimum atomic E-state index is -0.286. The Bertz CT molecular complexity index is 444. The third-order valence-corrected chi connectivity index (χ3v) is 3.27. The molecule has 5 nitrogen and oxygen atoms in total. The van der Waals surface area contributed by atoms with E-state index < -0.39 is 0 Å². The summed E-state index contributed by atoms with van der Waals surface area (Å²) >= 11 is 0. The molecule has 0 heterocycles. The highest BCUT2D eigenvalue weighted by molar-refractivity contribution is 5.65. The second kappa shape index (κ2) is 9.37. The summed E-state index contributed by atoms with van der Waals surface area (Å²) in [6, 6.07) is 5.96. The molecule has 5 heteroatoms. The zero-order valence-corrected chi connectivity index (χ0v) is 12.9. The van der Waals surface area contributed by atoms with Crippen LogP contribution in [-0.4, -0.2) is 38.2 Å². The molecule has 0 unspecified atom stereocenters. The van der Waals surface area contributed by atoms with Crippen molar-refractivity contribution in [2.75, 3.05) is 27.1 Å². The van der Waals surface area contributed by atoms with Crippen LogP contribution in [0.25, 0.3) is 0 Å². The normalized spacial score (nSPS) is 12.0. The molecule has 0 aliphatic rings. The summed E-state index contributed by atoms with van der Waals surface area (Å²) in [5, 5.41) is 9.21. The molecule has 0 amide bonds. The lowest BCUT2D eigenvalue weighted by Crippen LogP contribution is -2.09. The first-order chi connectivity index (χ1) is 10.1. The Balaban J connectivity index is 2.78. The number of ether oxygens (including phenoxy) is 3. The Morgan fingerprint density at radius 3 is 2.71 bits per heavy atom. The number of aliphatic hydroxyl groups is 1. The second-order valence-corrected chi connectivity index (χ2v) is 4.91. The zero-order valence-electron chi connectivity index (χ0n) is 12.9. The van der Waals surface area contributed by atoms with Crippen molar-refractivity contribution in [3.63, 3.8) is 0 Å². The number of benzene rings is 1. The van der Waals surface area contributed by atoms with Crippen molar-refractivity contribution in [1.29, 1.82) is 0 Å². The van der Waals surface area contributed by atoms with Gasteiger partial charge in [-0.25, -0.2) is 0 Å². The van der Waals surface area contributed by atoms with E-state index in [2.05, 4.69) is 0 Å². The number of methoxy groups -OCH3 is 1. The topological polar surface area (TPSA) is 65.0 Å². The summed E-state index contributed by atoms with van der Waals surface area (Å²) < 4.78 is 15.4. The molecule has 0 aromatic heterocycles.